The van der Waals surface area contributed by atoms with Crippen molar-refractivity contribution in [2.75, 3.05) is 12.8 Å². The summed E-state index contributed by atoms with van der Waals surface area (Å²) < 4.78 is 3.14. The zero-order valence-corrected chi connectivity index (χ0v) is 23.4. The number of thiazole rings is 1. The summed E-state index contributed by atoms with van der Waals surface area (Å²) in [6, 6.07) is 16.8. The van der Waals surface area contributed by atoms with Gasteiger partial charge in [0.25, 0.3) is 5.56 Å². The number of carbonyl (C=O) groups is 1. The normalized spacial score (nSPS) is 11.4. The van der Waals surface area contributed by atoms with Gasteiger partial charge in [0.1, 0.15) is 17.1 Å². The average Bonchev–Trinajstić information content (AvgIpc) is 3.57. The molecule has 0 spiro atoms. The van der Waals surface area contributed by atoms with Gasteiger partial charge in [0, 0.05) is 23.3 Å². The molecule has 0 aliphatic rings. The monoisotopic (exact) mass is 562 g/mol. The summed E-state index contributed by atoms with van der Waals surface area (Å²) in [7, 11) is 1.86. The first kappa shape index (κ1) is 27.4. The molecule has 10 nitrogen and oxygen atoms in total. The third-order valence-corrected chi connectivity index (χ3v) is 7.05. The molecule has 6 rings (SSSR count). The van der Waals surface area contributed by atoms with Gasteiger partial charge in [0.15, 0.2) is 17.8 Å². The van der Waals surface area contributed by atoms with Crippen LogP contribution in [0.4, 0.5) is 5.82 Å². The number of nitrogen functional groups attached to an aromatic ring is 1. The molecule has 2 aromatic carbocycles. The Morgan fingerprint density at radius 3 is 2.59 bits per heavy atom. The van der Waals surface area contributed by atoms with Crippen LogP contribution < -0.4 is 16.6 Å². The maximum atomic E-state index is 13.6. The molecule has 0 aliphatic carbocycles. The third-order valence-electron chi connectivity index (χ3n) is 6.28. The van der Waals surface area contributed by atoms with Crippen molar-refractivity contribution in [3.05, 3.63) is 110 Å². The number of para-hydroxylation sites is 1. The molecule has 204 valence electrons. The molecule has 0 aliphatic heterocycles. The van der Waals surface area contributed by atoms with Gasteiger partial charge < -0.3 is 11.1 Å². The second-order valence-corrected chi connectivity index (χ2v) is 10.0. The Labute approximate surface area is 239 Å². The lowest BCUT2D eigenvalue weighted by Gasteiger charge is -2.18. The van der Waals surface area contributed by atoms with E-state index in [0.29, 0.717) is 45.5 Å². The summed E-state index contributed by atoms with van der Waals surface area (Å²) >= 11 is 1.55. The van der Waals surface area contributed by atoms with Crippen molar-refractivity contribution >= 4 is 40.0 Å². The van der Waals surface area contributed by atoms with Gasteiger partial charge in [-0.15, -0.1) is 16.4 Å². The fourth-order valence-corrected chi connectivity index (χ4v) is 4.73. The molecule has 4 heterocycles. The maximum Gasteiger partial charge on any atom is 0.267 e. The fourth-order valence-electron chi connectivity index (χ4n) is 4.18. The summed E-state index contributed by atoms with van der Waals surface area (Å²) in [5.41, 5.74) is 8.95. The summed E-state index contributed by atoms with van der Waals surface area (Å²) in [6.45, 7) is 3.93. The van der Waals surface area contributed by atoms with Crippen molar-refractivity contribution < 1.29 is 4.79 Å². The Bertz CT molecular complexity index is 1980. The van der Waals surface area contributed by atoms with Crippen LogP contribution in [0, 0.1) is 18.8 Å². The molecule has 1 atom stereocenters. The van der Waals surface area contributed by atoms with Crippen LogP contribution in [-0.2, 0) is 0 Å². The van der Waals surface area contributed by atoms with Gasteiger partial charge in [-0.05, 0) is 57.1 Å². The van der Waals surface area contributed by atoms with Crippen LogP contribution >= 0.6 is 11.3 Å². The Hall–Kier alpha value is -5.18. The van der Waals surface area contributed by atoms with E-state index in [1.807, 2.05) is 74.8 Å². The maximum absolute atomic E-state index is 13.6. The first-order chi connectivity index (χ1) is 19.9. The number of aromatic nitrogens is 6. The number of carbonyl (C=O) groups excluding carboxylic acids is 1. The molecule has 0 bridgehead atoms. The molecule has 4 aromatic heterocycles. The molecule has 11 heteroatoms. The number of anilines is 1. The molecule has 0 radical (unpaired) electrons. The number of nitrogens with zero attached hydrogens (tertiary/aromatic N) is 6. The second kappa shape index (κ2) is 11.9. The van der Waals surface area contributed by atoms with Crippen molar-refractivity contribution in [1.29, 1.82) is 0 Å². The molecule has 3 N–H and O–H groups in total. The Kier molecular flexibility index (Phi) is 7.96. The van der Waals surface area contributed by atoms with Crippen LogP contribution in [0.15, 0.2) is 77.2 Å². The topological polar surface area (TPSA) is 133 Å². The van der Waals surface area contributed by atoms with Gasteiger partial charge in [0.2, 0.25) is 0 Å². The Morgan fingerprint density at radius 1 is 1.07 bits per heavy atom. The predicted molar refractivity (Wildman–Crippen MR) is 160 cm³/mol. The molecule has 6 aromatic rings. The first-order valence-corrected chi connectivity index (χ1v) is 13.6. The molecule has 0 saturated carbocycles. The summed E-state index contributed by atoms with van der Waals surface area (Å²) in [5, 5.41) is 10.5. The van der Waals surface area contributed by atoms with Crippen molar-refractivity contribution in [2.45, 2.75) is 19.9 Å². The van der Waals surface area contributed by atoms with Crippen LogP contribution in [0.2, 0.25) is 0 Å². The lowest BCUT2D eigenvalue weighted by atomic mass is 10.1. The molecule has 0 saturated heterocycles. The minimum Gasteiger partial charge on any atom is -0.382 e. The number of nitrogens with one attached hydrogen (secondary N) is 1. The van der Waals surface area contributed by atoms with Crippen molar-refractivity contribution in [1.82, 2.24) is 34.4 Å². The highest BCUT2D eigenvalue weighted by Gasteiger charge is 2.18. The van der Waals surface area contributed by atoms with Gasteiger partial charge in [-0.3, -0.25) is 14.2 Å². The summed E-state index contributed by atoms with van der Waals surface area (Å²) in [4.78, 5) is 37.3. The quantitative estimate of drug-likeness (QED) is 0.244. The minimum absolute atomic E-state index is 0.0972. The van der Waals surface area contributed by atoms with Crippen LogP contribution in [0.25, 0.3) is 22.2 Å². The summed E-state index contributed by atoms with van der Waals surface area (Å²) in [5.74, 6) is 7.07. The Morgan fingerprint density at radius 2 is 1.88 bits per heavy atom. The van der Waals surface area contributed by atoms with Crippen LogP contribution in [0.5, 0.6) is 0 Å². The Balaban J connectivity index is 0.000000234. The van der Waals surface area contributed by atoms with Crippen LogP contribution in [-0.4, -0.2) is 42.5 Å². The smallest absolute Gasteiger partial charge is 0.267 e. The number of nitrogens with two attached hydrogens (primary N) is 1. The standard InChI is InChI=1S/C23H20N4OS.C7H6N4O/c1-15(24-3)22-26-20-11-7-8-17(12-13-18-14-29-16(2)25-18)21(20)23(28)27(22)19-9-5-4-6-10-19;8-6-5(4-12)7-9-2-1-3-11(7)10-6/h4-11,14-15,24H,1-3H3;1-4H,(H2,8,10). The van der Waals surface area contributed by atoms with E-state index in [0.717, 1.165) is 10.7 Å². The lowest BCUT2D eigenvalue weighted by Crippen LogP contribution is -2.29. The van der Waals surface area contributed by atoms with E-state index in [-0.39, 0.29) is 17.4 Å². The highest BCUT2D eigenvalue weighted by Crippen LogP contribution is 2.20. The SMILES string of the molecule is CNC(C)c1nc2cccc(C#Cc3csc(C)n3)c2c(=O)n1-c1ccccc1.Nc1nn2cccnc2c1C=O. The largest absolute Gasteiger partial charge is 0.382 e. The number of rotatable bonds is 4. The van der Waals surface area contributed by atoms with Gasteiger partial charge in [-0.1, -0.05) is 30.2 Å². The highest BCUT2D eigenvalue weighted by molar-refractivity contribution is 7.09. The van der Waals surface area contributed by atoms with Crippen molar-refractivity contribution in [3.63, 3.8) is 0 Å². The molecule has 0 fully saturated rings. The zero-order valence-electron chi connectivity index (χ0n) is 22.6. The van der Waals surface area contributed by atoms with Crippen LogP contribution in [0.3, 0.4) is 0 Å². The number of hydrogen-bond donors (Lipinski definition) is 2. The van der Waals surface area contributed by atoms with E-state index in [1.54, 1.807) is 34.4 Å². The van der Waals surface area contributed by atoms with E-state index >= 15 is 0 Å². The number of aldehydes is 1. The first-order valence-electron chi connectivity index (χ1n) is 12.7. The second-order valence-electron chi connectivity index (χ2n) is 8.96. The fraction of sp³-hybridized carbons (Fsp3) is 0.133. The van der Waals surface area contributed by atoms with E-state index in [9.17, 15) is 9.59 Å². The van der Waals surface area contributed by atoms with Crippen LogP contribution in [0.1, 0.15) is 45.4 Å². The number of benzene rings is 2. The van der Waals surface area contributed by atoms with E-state index < -0.39 is 0 Å². The van der Waals surface area contributed by atoms with E-state index in [1.165, 1.54) is 4.52 Å². The van der Waals surface area contributed by atoms with Gasteiger partial charge in [-0.25, -0.2) is 19.5 Å². The van der Waals surface area contributed by atoms with Gasteiger partial charge in [0.05, 0.1) is 27.6 Å². The number of fused-ring (bicyclic) bond motifs is 2. The summed E-state index contributed by atoms with van der Waals surface area (Å²) in [6.07, 6.45) is 3.93. The molecule has 1 unspecified atom stereocenters. The van der Waals surface area contributed by atoms with E-state index in [2.05, 4.69) is 32.2 Å². The third kappa shape index (κ3) is 5.60. The molecule has 41 heavy (non-hydrogen) atoms. The predicted octanol–water partition coefficient (Wildman–Crippen LogP) is 3.95. The number of hydrogen-bond acceptors (Lipinski definition) is 9. The van der Waals surface area contributed by atoms with E-state index in [4.69, 9.17) is 10.7 Å². The van der Waals surface area contributed by atoms with Gasteiger partial charge in [-0.2, -0.15) is 0 Å². The molecular formula is C30H26N8O2S. The zero-order chi connectivity index (χ0) is 28.9. The lowest BCUT2D eigenvalue weighted by molar-refractivity contribution is 0.112. The number of aryl methyl sites for hydroxylation is 1. The van der Waals surface area contributed by atoms with Crippen molar-refractivity contribution in [2.24, 2.45) is 0 Å². The highest BCUT2D eigenvalue weighted by atomic mass is 32.1. The molecule has 0 amide bonds. The van der Waals surface area contributed by atoms with Gasteiger partial charge >= 0.3 is 0 Å². The van der Waals surface area contributed by atoms with Crippen molar-refractivity contribution in [3.8, 4) is 17.5 Å². The molecular weight excluding hydrogens is 536 g/mol. The average molecular weight is 563 g/mol. The minimum atomic E-state index is -0.127.